The number of rotatable bonds is 9. The summed E-state index contributed by atoms with van der Waals surface area (Å²) in [5.74, 6) is -1.07. The zero-order valence-corrected chi connectivity index (χ0v) is 22.7. The smallest absolute Gasteiger partial charge is 0.315 e. The van der Waals surface area contributed by atoms with Gasteiger partial charge in [-0.25, -0.2) is 0 Å². The number of carbonyl (C=O) groups is 3. The summed E-state index contributed by atoms with van der Waals surface area (Å²) in [6.07, 6.45) is 0.105. The van der Waals surface area contributed by atoms with Crippen LogP contribution in [0.1, 0.15) is 53.4 Å². The zero-order valence-electron chi connectivity index (χ0n) is 21.9. The van der Waals surface area contributed by atoms with Crippen LogP contribution in [0.15, 0.2) is 66.7 Å². The number of ketones is 1. The van der Waals surface area contributed by atoms with Gasteiger partial charge in [-0.3, -0.25) is 14.4 Å². The Kier molecular flexibility index (Phi) is 10.6. The summed E-state index contributed by atoms with van der Waals surface area (Å²) < 4.78 is 11.1. The van der Waals surface area contributed by atoms with Gasteiger partial charge in [0.15, 0.2) is 17.3 Å². The van der Waals surface area contributed by atoms with Crippen molar-refractivity contribution in [3.63, 3.8) is 0 Å². The Morgan fingerprint density at radius 2 is 1.16 bits per heavy atom. The van der Waals surface area contributed by atoms with E-state index in [1.54, 1.807) is 6.07 Å². The Hall–Kier alpha value is -3.48. The first-order chi connectivity index (χ1) is 17.0. The van der Waals surface area contributed by atoms with E-state index < -0.39 is 11.9 Å². The molecule has 196 valence electrons. The molecule has 0 aliphatic heterocycles. The normalized spacial score (nSPS) is 10.8. The SMILES string of the molecule is Cc1ccc(CC(=O)Oc2ccc(C(=O)CNC(C)(C)C)cc2OC(=O)Cc2ccc(C)cc2)cc1.Cl. The van der Waals surface area contributed by atoms with E-state index in [9.17, 15) is 14.4 Å². The zero-order chi connectivity index (χ0) is 26.3. The Balaban J connectivity index is 0.00000481. The molecule has 0 saturated carbocycles. The maximum absolute atomic E-state index is 12.7. The first-order valence-corrected chi connectivity index (χ1v) is 11.9. The van der Waals surface area contributed by atoms with Crippen molar-refractivity contribution < 1.29 is 23.9 Å². The molecule has 1 N–H and O–H groups in total. The summed E-state index contributed by atoms with van der Waals surface area (Å²) in [5, 5.41) is 3.15. The first kappa shape index (κ1) is 29.7. The molecule has 0 aliphatic carbocycles. The van der Waals surface area contributed by atoms with Crippen molar-refractivity contribution in [3.05, 3.63) is 94.5 Å². The van der Waals surface area contributed by atoms with Gasteiger partial charge >= 0.3 is 11.9 Å². The first-order valence-electron chi connectivity index (χ1n) is 11.9. The third kappa shape index (κ3) is 9.83. The quantitative estimate of drug-likeness (QED) is 0.223. The molecule has 0 amide bonds. The van der Waals surface area contributed by atoms with Gasteiger partial charge in [0, 0.05) is 11.1 Å². The lowest BCUT2D eigenvalue weighted by Crippen LogP contribution is -2.39. The number of aryl methyl sites for hydroxylation is 2. The second-order valence-electron chi connectivity index (χ2n) is 9.96. The minimum atomic E-state index is -0.521. The van der Waals surface area contributed by atoms with Crippen molar-refractivity contribution >= 4 is 30.1 Å². The largest absolute Gasteiger partial charge is 0.422 e. The summed E-state index contributed by atoms with van der Waals surface area (Å²) in [6, 6.07) is 19.6. The van der Waals surface area contributed by atoms with Crippen LogP contribution in [-0.2, 0) is 22.4 Å². The van der Waals surface area contributed by atoms with Gasteiger partial charge in [-0.1, -0.05) is 59.7 Å². The van der Waals surface area contributed by atoms with Crippen LogP contribution in [0.3, 0.4) is 0 Å². The monoisotopic (exact) mass is 523 g/mol. The van der Waals surface area contributed by atoms with Crippen LogP contribution >= 0.6 is 12.4 Å². The van der Waals surface area contributed by atoms with E-state index in [0.29, 0.717) is 5.56 Å². The van der Waals surface area contributed by atoms with Crippen molar-refractivity contribution in [1.29, 1.82) is 0 Å². The highest BCUT2D eigenvalue weighted by Crippen LogP contribution is 2.30. The number of benzene rings is 3. The summed E-state index contributed by atoms with van der Waals surface area (Å²) in [7, 11) is 0. The van der Waals surface area contributed by atoms with Crippen molar-refractivity contribution in [2.45, 2.75) is 53.0 Å². The molecule has 3 rings (SSSR count). The molecule has 0 fully saturated rings. The lowest BCUT2D eigenvalue weighted by molar-refractivity contribution is -0.136. The Morgan fingerprint density at radius 1 is 0.703 bits per heavy atom. The minimum absolute atomic E-state index is 0. The summed E-state index contributed by atoms with van der Waals surface area (Å²) >= 11 is 0. The second-order valence-corrected chi connectivity index (χ2v) is 9.96. The van der Waals surface area contributed by atoms with Crippen LogP contribution in [0.2, 0.25) is 0 Å². The number of halogens is 1. The van der Waals surface area contributed by atoms with Crippen molar-refractivity contribution in [1.82, 2.24) is 5.32 Å². The summed E-state index contributed by atoms with van der Waals surface area (Å²) in [4.78, 5) is 38.1. The molecule has 0 spiro atoms. The molecule has 0 bridgehead atoms. The summed E-state index contributed by atoms with van der Waals surface area (Å²) in [5.41, 5.74) is 3.91. The molecule has 6 nitrogen and oxygen atoms in total. The Labute approximate surface area is 224 Å². The highest BCUT2D eigenvalue weighted by Gasteiger charge is 2.19. The molecule has 0 atom stereocenters. The third-order valence-electron chi connectivity index (χ3n) is 5.43. The van der Waals surface area contributed by atoms with Gasteiger partial charge in [-0.15, -0.1) is 12.4 Å². The van der Waals surface area contributed by atoms with E-state index in [4.69, 9.17) is 9.47 Å². The highest BCUT2D eigenvalue weighted by molar-refractivity contribution is 5.98. The van der Waals surface area contributed by atoms with Crippen molar-refractivity contribution in [3.8, 4) is 11.5 Å². The van der Waals surface area contributed by atoms with Gasteiger partial charge in [-0.2, -0.15) is 0 Å². The van der Waals surface area contributed by atoms with Crippen LogP contribution in [0.25, 0.3) is 0 Å². The molecule has 37 heavy (non-hydrogen) atoms. The fourth-order valence-corrected chi connectivity index (χ4v) is 3.36. The predicted molar refractivity (Wildman–Crippen MR) is 147 cm³/mol. The fourth-order valence-electron chi connectivity index (χ4n) is 3.36. The van der Waals surface area contributed by atoms with Gasteiger partial charge in [0.25, 0.3) is 0 Å². The lowest BCUT2D eigenvalue weighted by Gasteiger charge is -2.20. The van der Waals surface area contributed by atoms with Crippen LogP contribution in [0.5, 0.6) is 11.5 Å². The number of carbonyl (C=O) groups excluding carboxylic acids is 3. The summed E-state index contributed by atoms with van der Waals surface area (Å²) in [6.45, 7) is 9.96. The van der Waals surface area contributed by atoms with Gasteiger partial charge in [-0.05, 0) is 63.9 Å². The van der Waals surface area contributed by atoms with Crippen LogP contribution < -0.4 is 14.8 Å². The lowest BCUT2D eigenvalue weighted by atomic mass is 10.1. The van der Waals surface area contributed by atoms with Gasteiger partial charge < -0.3 is 14.8 Å². The molecule has 3 aromatic rings. The average Bonchev–Trinajstić information content (AvgIpc) is 2.81. The molecule has 7 heteroatoms. The Bertz CT molecular complexity index is 1230. The van der Waals surface area contributed by atoms with Crippen LogP contribution in [0.4, 0.5) is 0 Å². The van der Waals surface area contributed by atoms with Gasteiger partial charge in [0.05, 0.1) is 19.4 Å². The van der Waals surface area contributed by atoms with Crippen molar-refractivity contribution in [2.24, 2.45) is 0 Å². The average molecular weight is 524 g/mol. The fraction of sp³-hybridized carbons (Fsp3) is 0.300. The van der Waals surface area contributed by atoms with E-state index in [1.165, 1.54) is 12.1 Å². The number of Topliss-reactive ketones (excluding diaryl/α,β-unsaturated/α-hetero) is 1. The minimum Gasteiger partial charge on any atom is -0.422 e. The van der Waals surface area contributed by atoms with Crippen LogP contribution in [0, 0.1) is 13.8 Å². The van der Waals surface area contributed by atoms with E-state index >= 15 is 0 Å². The third-order valence-corrected chi connectivity index (χ3v) is 5.43. The maximum Gasteiger partial charge on any atom is 0.315 e. The molecule has 0 aromatic heterocycles. The molecule has 0 heterocycles. The standard InChI is InChI=1S/C30H33NO5.ClH/c1-20-6-10-22(11-7-20)16-28(33)35-26-15-14-24(25(32)19-31-30(3,4)5)18-27(26)36-29(34)17-23-12-8-21(2)9-13-23;/h6-15,18,31H,16-17,19H2,1-5H3;1H. The number of hydrogen-bond acceptors (Lipinski definition) is 6. The van der Waals surface area contributed by atoms with Crippen LogP contribution in [-0.4, -0.2) is 29.8 Å². The number of hydrogen-bond donors (Lipinski definition) is 1. The molecule has 0 radical (unpaired) electrons. The predicted octanol–water partition coefficient (Wildman–Crippen LogP) is 5.59. The second kappa shape index (κ2) is 13.2. The van der Waals surface area contributed by atoms with E-state index in [0.717, 1.165) is 22.3 Å². The topological polar surface area (TPSA) is 81.7 Å². The highest BCUT2D eigenvalue weighted by atomic mass is 35.5. The van der Waals surface area contributed by atoms with Gasteiger partial charge in [0.2, 0.25) is 0 Å². The molecule has 0 unspecified atom stereocenters. The van der Waals surface area contributed by atoms with Gasteiger partial charge in [0.1, 0.15) is 0 Å². The Morgan fingerprint density at radius 3 is 1.62 bits per heavy atom. The molecule has 0 aliphatic rings. The molecule has 0 saturated heterocycles. The molecule has 3 aromatic carbocycles. The number of nitrogens with one attached hydrogen (secondary N) is 1. The van der Waals surface area contributed by atoms with E-state index in [-0.39, 0.29) is 54.6 Å². The number of ether oxygens (including phenoxy) is 2. The van der Waals surface area contributed by atoms with E-state index in [2.05, 4.69) is 5.32 Å². The maximum atomic E-state index is 12.7. The number of esters is 2. The molecular formula is C30H34ClNO5. The van der Waals surface area contributed by atoms with Crippen molar-refractivity contribution in [2.75, 3.05) is 6.54 Å². The van der Waals surface area contributed by atoms with E-state index in [1.807, 2.05) is 83.1 Å². The molecular weight excluding hydrogens is 490 g/mol.